The molecule has 1 N–H and O–H groups in total. The number of carbonyl (C=O) groups is 1. The number of carbonyl (C=O) groups excluding carboxylic acids is 1. The van der Waals surface area contributed by atoms with Gasteiger partial charge in [-0.25, -0.2) is 4.98 Å². The number of fused-ring (bicyclic) bond motifs is 1. The number of likely N-dealkylation sites (tertiary alicyclic amines) is 1. The smallest absolute Gasteiger partial charge is 0.224 e. The fourth-order valence-electron chi connectivity index (χ4n) is 3.71. The van der Waals surface area contributed by atoms with Gasteiger partial charge < -0.3 is 14.8 Å². The van der Waals surface area contributed by atoms with Gasteiger partial charge in [0.05, 0.1) is 17.0 Å². The summed E-state index contributed by atoms with van der Waals surface area (Å²) in [6.07, 6.45) is 3.94. The number of amides is 1. The summed E-state index contributed by atoms with van der Waals surface area (Å²) in [5, 5.41) is 3.13. The Morgan fingerprint density at radius 3 is 2.92 bits per heavy atom. The van der Waals surface area contributed by atoms with Crippen LogP contribution < -0.4 is 5.32 Å². The van der Waals surface area contributed by atoms with Gasteiger partial charge in [0.1, 0.15) is 5.82 Å². The highest BCUT2D eigenvalue weighted by Gasteiger charge is 2.26. The molecule has 0 spiro atoms. The second-order valence-electron chi connectivity index (χ2n) is 7.40. The lowest BCUT2D eigenvalue weighted by atomic mass is 9.96. The molecule has 0 bridgehead atoms. The van der Waals surface area contributed by atoms with Crippen molar-refractivity contribution in [1.82, 2.24) is 19.8 Å². The van der Waals surface area contributed by atoms with Crippen LogP contribution in [-0.4, -0.2) is 46.0 Å². The van der Waals surface area contributed by atoms with E-state index in [-0.39, 0.29) is 11.8 Å². The van der Waals surface area contributed by atoms with Crippen LogP contribution in [0.2, 0.25) is 0 Å². The highest BCUT2D eigenvalue weighted by molar-refractivity contribution is 5.79. The van der Waals surface area contributed by atoms with Crippen molar-refractivity contribution in [2.75, 3.05) is 19.6 Å². The number of hydrogen-bond donors (Lipinski definition) is 1. The van der Waals surface area contributed by atoms with E-state index in [2.05, 4.69) is 41.7 Å². The number of nitrogens with one attached hydrogen (secondary N) is 1. The van der Waals surface area contributed by atoms with Crippen molar-refractivity contribution in [3.05, 3.63) is 30.1 Å². The number of aryl methyl sites for hydroxylation is 2. The van der Waals surface area contributed by atoms with Crippen molar-refractivity contribution in [2.24, 2.45) is 13.0 Å². The molecule has 5 heteroatoms. The number of hydrogen-bond acceptors (Lipinski definition) is 3. The van der Waals surface area contributed by atoms with Gasteiger partial charge in [-0.2, -0.15) is 0 Å². The van der Waals surface area contributed by atoms with Crippen molar-refractivity contribution >= 4 is 16.9 Å². The number of para-hydroxylation sites is 2. The molecule has 1 amide bonds. The van der Waals surface area contributed by atoms with Crippen LogP contribution in [0.5, 0.6) is 0 Å². The van der Waals surface area contributed by atoms with Gasteiger partial charge in [0, 0.05) is 32.6 Å². The maximum Gasteiger partial charge on any atom is 0.224 e. The van der Waals surface area contributed by atoms with E-state index in [4.69, 9.17) is 4.98 Å². The zero-order valence-electron chi connectivity index (χ0n) is 15.7. The minimum atomic E-state index is 0.145. The van der Waals surface area contributed by atoms with E-state index in [1.54, 1.807) is 0 Å². The molecule has 0 saturated carbocycles. The summed E-state index contributed by atoms with van der Waals surface area (Å²) in [7, 11) is 2.06. The van der Waals surface area contributed by atoms with E-state index < -0.39 is 0 Å². The minimum absolute atomic E-state index is 0.145. The molecule has 1 aromatic heterocycles. The molecule has 5 nitrogen and oxygen atoms in total. The molecule has 0 radical (unpaired) electrons. The summed E-state index contributed by atoms with van der Waals surface area (Å²) in [4.78, 5) is 19.5. The Hall–Kier alpha value is -1.88. The quantitative estimate of drug-likeness (QED) is 0.821. The highest BCUT2D eigenvalue weighted by Crippen LogP contribution is 2.19. The second kappa shape index (κ2) is 8.00. The number of benzene rings is 1. The molecular weight excluding hydrogens is 312 g/mol. The van der Waals surface area contributed by atoms with Crippen LogP contribution in [0, 0.1) is 5.92 Å². The third-order valence-corrected chi connectivity index (χ3v) is 5.31. The van der Waals surface area contributed by atoms with E-state index in [0.29, 0.717) is 6.04 Å². The lowest BCUT2D eigenvalue weighted by Gasteiger charge is -2.34. The number of nitrogens with zero attached hydrogens (tertiary/aromatic N) is 3. The standard InChI is InChI=1S/C20H30N4O/c1-15(2)24-13-7-8-16(14-24)20(25)21-12-6-11-19-22-17-9-4-5-10-18(17)23(19)3/h4-5,9-10,15-16H,6-8,11-14H2,1-3H3,(H,21,25)/t16-/m1/s1. The van der Waals surface area contributed by atoms with Gasteiger partial charge in [0.15, 0.2) is 0 Å². The van der Waals surface area contributed by atoms with Gasteiger partial charge in [-0.3, -0.25) is 4.79 Å². The molecule has 0 unspecified atom stereocenters. The van der Waals surface area contributed by atoms with Gasteiger partial charge in [-0.05, 0) is 51.8 Å². The first-order valence-electron chi connectivity index (χ1n) is 9.48. The Labute approximate surface area is 150 Å². The van der Waals surface area contributed by atoms with Crippen molar-refractivity contribution in [1.29, 1.82) is 0 Å². The Balaban J connectivity index is 1.46. The summed E-state index contributed by atoms with van der Waals surface area (Å²) in [5.41, 5.74) is 2.21. The van der Waals surface area contributed by atoms with Crippen LogP contribution in [-0.2, 0) is 18.3 Å². The van der Waals surface area contributed by atoms with Gasteiger partial charge in [0.2, 0.25) is 5.91 Å². The SMILES string of the molecule is CC(C)N1CCC[C@@H](C(=O)NCCCc2nc3ccccc3n2C)C1. The Bertz CT molecular complexity index is 722. The average molecular weight is 342 g/mol. The molecular formula is C20H30N4O. The van der Waals surface area contributed by atoms with Crippen LogP contribution in [0.15, 0.2) is 24.3 Å². The summed E-state index contributed by atoms with van der Waals surface area (Å²) in [5.74, 6) is 1.45. The zero-order chi connectivity index (χ0) is 17.8. The van der Waals surface area contributed by atoms with Gasteiger partial charge in [-0.1, -0.05) is 12.1 Å². The van der Waals surface area contributed by atoms with Gasteiger partial charge in [0.25, 0.3) is 0 Å². The van der Waals surface area contributed by atoms with Crippen LogP contribution in [0.25, 0.3) is 11.0 Å². The Morgan fingerprint density at radius 1 is 1.36 bits per heavy atom. The molecule has 1 aromatic carbocycles. The summed E-state index contributed by atoms with van der Waals surface area (Å²) in [6.45, 7) is 7.15. The van der Waals surface area contributed by atoms with Crippen LogP contribution in [0.1, 0.15) is 38.9 Å². The lowest BCUT2D eigenvalue weighted by Crippen LogP contribution is -2.45. The second-order valence-corrected chi connectivity index (χ2v) is 7.40. The summed E-state index contributed by atoms with van der Waals surface area (Å²) < 4.78 is 2.15. The van der Waals surface area contributed by atoms with Crippen LogP contribution in [0.4, 0.5) is 0 Å². The van der Waals surface area contributed by atoms with E-state index in [0.717, 1.165) is 62.2 Å². The molecule has 1 fully saturated rings. The summed E-state index contributed by atoms with van der Waals surface area (Å²) >= 11 is 0. The van der Waals surface area contributed by atoms with Crippen molar-refractivity contribution in [2.45, 2.75) is 45.6 Å². The molecule has 136 valence electrons. The molecule has 0 aliphatic carbocycles. The molecule has 1 atom stereocenters. The maximum atomic E-state index is 12.4. The molecule has 1 aliphatic heterocycles. The van der Waals surface area contributed by atoms with Crippen LogP contribution in [0.3, 0.4) is 0 Å². The van der Waals surface area contributed by atoms with Gasteiger partial charge in [-0.15, -0.1) is 0 Å². The number of aromatic nitrogens is 2. The molecule has 3 rings (SSSR count). The number of imidazole rings is 1. The fourth-order valence-corrected chi connectivity index (χ4v) is 3.71. The van der Waals surface area contributed by atoms with Crippen molar-refractivity contribution in [3.63, 3.8) is 0 Å². The molecule has 1 aliphatic rings. The first kappa shape index (κ1) is 17.9. The predicted molar refractivity (Wildman–Crippen MR) is 101 cm³/mol. The number of rotatable bonds is 6. The first-order chi connectivity index (χ1) is 12.1. The normalized spacial score (nSPS) is 18.8. The van der Waals surface area contributed by atoms with E-state index in [1.807, 2.05) is 18.2 Å². The topological polar surface area (TPSA) is 50.2 Å². The third kappa shape index (κ3) is 4.21. The maximum absolute atomic E-state index is 12.4. The lowest BCUT2D eigenvalue weighted by molar-refractivity contribution is -0.126. The fraction of sp³-hybridized carbons (Fsp3) is 0.600. The van der Waals surface area contributed by atoms with Crippen molar-refractivity contribution < 1.29 is 4.79 Å². The molecule has 1 saturated heterocycles. The van der Waals surface area contributed by atoms with Gasteiger partial charge >= 0.3 is 0 Å². The number of piperidine rings is 1. The monoisotopic (exact) mass is 342 g/mol. The predicted octanol–water partition coefficient (Wildman–Crippen LogP) is 2.74. The highest BCUT2D eigenvalue weighted by atomic mass is 16.1. The molecule has 2 heterocycles. The third-order valence-electron chi connectivity index (χ3n) is 5.31. The largest absolute Gasteiger partial charge is 0.356 e. The van der Waals surface area contributed by atoms with Crippen molar-refractivity contribution in [3.8, 4) is 0 Å². The average Bonchev–Trinajstić information content (AvgIpc) is 2.95. The Morgan fingerprint density at radius 2 is 2.16 bits per heavy atom. The summed E-state index contributed by atoms with van der Waals surface area (Å²) in [6, 6.07) is 8.72. The van der Waals surface area contributed by atoms with E-state index in [1.165, 1.54) is 0 Å². The molecule has 2 aromatic rings. The Kier molecular flexibility index (Phi) is 5.74. The van der Waals surface area contributed by atoms with E-state index in [9.17, 15) is 4.79 Å². The first-order valence-corrected chi connectivity index (χ1v) is 9.48. The van der Waals surface area contributed by atoms with E-state index >= 15 is 0 Å². The zero-order valence-corrected chi connectivity index (χ0v) is 15.7. The molecule has 25 heavy (non-hydrogen) atoms. The minimum Gasteiger partial charge on any atom is -0.356 e. The van der Waals surface area contributed by atoms with Crippen LogP contribution >= 0.6 is 0 Å².